The summed E-state index contributed by atoms with van der Waals surface area (Å²) < 4.78 is 0. The van der Waals surface area contributed by atoms with E-state index in [1.165, 1.54) is 0 Å². The average molecular weight is 252 g/mol. The maximum Gasteiger partial charge on any atom is 0.119 e. The van der Waals surface area contributed by atoms with Crippen LogP contribution in [0.15, 0.2) is 41.7 Å². The fourth-order valence-corrected chi connectivity index (χ4v) is 2.19. The number of halogens is 1. The lowest BCUT2D eigenvalue weighted by Gasteiger charge is -2.03. The molecule has 16 heavy (non-hydrogen) atoms. The van der Waals surface area contributed by atoms with Gasteiger partial charge in [0.25, 0.3) is 0 Å². The third kappa shape index (κ3) is 2.87. The van der Waals surface area contributed by atoms with Gasteiger partial charge in [0.05, 0.1) is 11.4 Å². The fraction of sp³-hybridized carbons (Fsp3) is 0.0909. The van der Waals surface area contributed by atoms with Gasteiger partial charge in [0.15, 0.2) is 0 Å². The number of thioether (sulfide) groups is 1. The molecule has 2 aromatic rings. The molecule has 2 rings (SSSR count). The first-order valence-corrected chi connectivity index (χ1v) is 6.06. The maximum atomic E-state index is 5.87. The molecule has 2 N–H and O–H groups in total. The predicted octanol–water partition coefficient (Wildman–Crippen LogP) is 3.00. The van der Waals surface area contributed by atoms with Crippen molar-refractivity contribution in [3.05, 3.63) is 47.4 Å². The summed E-state index contributed by atoms with van der Waals surface area (Å²) >= 11 is 7.42. The van der Waals surface area contributed by atoms with E-state index in [2.05, 4.69) is 9.97 Å². The average Bonchev–Trinajstić information content (AvgIpc) is 2.28. The van der Waals surface area contributed by atoms with Crippen LogP contribution in [-0.2, 0) is 5.75 Å². The number of anilines is 1. The standard InChI is InChI=1S/C11H10ClN3S/c12-8-3-5-14-9(6-8)7-16-11-10(13)2-1-4-15-11/h1-6H,7,13H2. The fourth-order valence-electron chi connectivity index (χ4n) is 1.19. The van der Waals surface area contributed by atoms with E-state index in [9.17, 15) is 0 Å². The van der Waals surface area contributed by atoms with Crippen LogP contribution in [0.4, 0.5) is 5.69 Å². The first-order chi connectivity index (χ1) is 7.75. The highest BCUT2D eigenvalue weighted by molar-refractivity contribution is 7.98. The summed E-state index contributed by atoms with van der Waals surface area (Å²) in [6.07, 6.45) is 3.42. The number of nitrogens with zero attached hydrogens (tertiary/aromatic N) is 2. The number of nitrogens with two attached hydrogens (primary N) is 1. The number of hydrogen-bond donors (Lipinski definition) is 1. The zero-order valence-electron chi connectivity index (χ0n) is 8.43. The van der Waals surface area contributed by atoms with Crippen LogP contribution in [-0.4, -0.2) is 9.97 Å². The molecule has 0 spiro atoms. The Balaban J connectivity index is 2.05. The van der Waals surface area contributed by atoms with Crippen LogP contribution < -0.4 is 5.73 Å². The summed E-state index contributed by atoms with van der Waals surface area (Å²) in [6.45, 7) is 0. The minimum Gasteiger partial charge on any atom is -0.397 e. The maximum absolute atomic E-state index is 5.87. The highest BCUT2D eigenvalue weighted by Crippen LogP contribution is 2.25. The second-order valence-electron chi connectivity index (χ2n) is 3.15. The van der Waals surface area contributed by atoms with Gasteiger partial charge in [0, 0.05) is 23.2 Å². The van der Waals surface area contributed by atoms with Gasteiger partial charge in [-0.05, 0) is 24.3 Å². The lowest BCUT2D eigenvalue weighted by molar-refractivity contribution is 1.12. The molecule has 5 heteroatoms. The van der Waals surface area contributed by atoms with Crippen molar-refractivity contribution in [2.45, 2.75) is 10.8 Å². The van der Waals surface area contributed by atoms with Gasteiger partial charge < -0.3 is 5.73 Å². The zero-order chi connectivity index (χ0) is 11.4. The van der Waals surface area contributed by atoms with E-state index in [4.69, 9.17) is 17.3 Å². The van der Waals surface area contributed by atoms with Gasteiger partial charge in [0.2, 0.25) is 0 Å². The van der Waals surface area contributed by atoms with Crippen LogP contribution in [0.2, 0.25) is 5.02 Å². The molecule has 0 bridgehead atoms. The molecule has 0 saturated heterocycles. The lowest BCUT2D eigenvalue weighted by Crippen LogP contribution is -1.92. The predicted molar refractivity (Wildman–Crippen MR) is 67.5 cm³/mol. The van der Waals surface area contributed by atoms with Crippen molar-refractivity contribution < 1.29 is 0 Å². The highest BCUT2D eigenvalue weighted by atomic mass is 35.5. The van der Waals surface area contributed by atoms with E-state index in [0.29, 0.717) is 16.5 Å². The molecule has 0 aliphatic carbocycles. The molecular weight excluding hydrogens is 242 g/mol. The number of hydrogen-bond acceptors (Lipinski definition) is 4. The monoisotopic (exact) mass is 251 g/mol. The second-order valence-corrected chi connectivity index (χ2v) is 4.55. The molecule has 82 valence electrons. The zero-order valence-corrected chi connectivity index (χ0v) is 10.0. The van der Waals surface area contributed by atoms with Crippen molar-refractivity contribution in [3.8, 4) is 0 Å². The molecule has 0 aromatic carbocycles. The van der Waals surface area contributed by atoms with Gasteiger partial charge in [-0.3, -0.25) is 4.98 Å². The Morgan fingerprint density at radius 2 is 2.12 bits per heavy atom. The molecule has 0 amide bonds. The Bertz CT molecular complexity index is 490. The van der Waals surface area contributed by atoms with Gasteiger partial charge >= 0.3 is 0 Å². The van der Waals surface area contributed by atoms with Gasteiger partial charge in [-0.15, -0.1) is 0 Å². The molecule has 0 saturated carbocycles. The van der Waals surface area contributed by atoms with Crippen LogP contribution in [0.5, 0.6) is 0 Å². The molecule has 2 heterocycles. The van der Waals surface area contributed by atoms with Crippen molar-refractivity contribution in [1.29, 1.82) is 0 Å². The van der Waals surface area contributed by atoms with Crippen molar-refractivity contribution in [2.24, 2.45) is 0 Å². The Morgan fingerprint density at radius 3 is 2.88 bits per heavy atom. The number of rotatable bonds is 3. The van der Waals surface area contributed by atoms with Crippen LogP contribution in [0.3, 0.4) is 0 Å². The summed E-state index contributed by atoms with van der Waals surface area (Å²) in [4.78, 5) is 8.40. The molecule has 0 atom stereocenters. The van der Waals surface area contributed by atoms with Crippen molar-refractivity contribution in [1.82, 2.24) is 9.97 Å². The van der Waals surface area contributed by atoms with E-state index in [1.807, 2.05) is 18.2 Å². The van der Waals surface area contributed by atoms with Crippen molar-refractivity contribution in [3.63, 3.8) is 0 Å². The Morgan fingerprint density at radius 1 is 1.25 bits per heavy atom. The van der Waals surface area contributed by atoms with Gasteiger partial charge in [-0.1, -0.05) is 23.4 Å². The van der Waals surface area contributed by atoms with Gasteiger partial charge in [-0.25, -0.2) is 4.98 Å². The smallest absolute Gasteiger partial charge is 0.119 e. The largest absolute Gasteiger partial charge is 0.397 e. The third-order valence-corrected chi connectivity index (χ3v) is 3.23. The normalized spacial score (nSPS) is 10.3. The van der Waals surface area contributed by atoms with E-state index in [0.717, 1.165) is 10.7 Å². The van der Waals surface area contributed by atoms with E-state index < -0.39 is 0 Å². The van der Waals surface area contributed by atoms with Crippen LogP contribution >= 0.6 is 23.4 Å². The van der Waals surface area contributed by atoms with Gasteiger partial charge in [0.1, 0.15) is 5.03 Å². The Labute approximate surface area is 103 Å². The Kier molecular flexibility index (Phi) is 3.64. The second kappa shape index (κ2) is 5.18. The summed E-state index contributed by atoms with van der Waals surface area (Å²) in [5.41, 5.74) is 7.39. The topological polar surface area (TPSA) is 51.8 Å². The van der Waals surface area contributed by atoms with E-state index in [1.54, 1.807) is 30.2 Å². The summed E-state index contributed by atoms with van der Waals surface area (Å²) in [7, 11) is 0. The SMILES string of the molecule is Nc1cccnc1SCc1cc(Cl)ccn1. The van der Waals surface area contributed by atoms with Crippen LogP contribution in [0, 0.1) is 0 Å². The molecule has 3 nitrogen and oxygen atoms in total. The third-order valence-electron chi connectivity index (χ3n) is 1.94. The van der Waals surface area contributed by atoms with E-state index in [-0.39, 0.29) is 0 Å². The molecule has 0 radical (unpaired) electrons. The minimum atomic E-state index is 0.689. The number of pyridine rings is 2. The summed E-state index contributed by atoms with van der Waals surface area (Å²) in [5.74, 6) is 0.710. The summed E-state index contributed by atoms with van der Waals surface area (Å²) in [6, 6.07) is 7.25. The van der Waals surface area contributed by atoms with Crippen LogP contribution in [0.1, 0.15) is 5.69 Å². The van der Waals surface area contributed by atoms with Crippen molar-refractivity contribution >= 4 is 29.1 Å². The highest BCUT2D eigenvalue weighted by Gasteiger charge is 2.02. The summed E-state index contributed by atoms with van der Waals surface area (Å²) in [5, 5.41) is 1.52. The van der Waals surface area contributed by atoms with Crippen molar-refractivity contribution in [2.75, 3.05) is 5.73 Å². The number of aromatic nitrogens is 2. The van der Waals surface area contributed by atoms with Gasteiger partial charge in [-0.2, -0.15) is 0 Å². The molecule has 0 fully saturated rings. The van der Waals surface area contributed by atoms with E-state index >= 15 is 0 Å². The molecule has 2 aromatic heterocycles. The van der Waals surface area contributed by atoms with Crippen LogP contribution in [0.25, 0.3) is 0 Å². The first kappa shape index (κ1) is 11.2. The molecular formula is C11H10ClN3S. The molecule has 0 unspecified atom stereocenters. The Hall–Kier alpha value is -1.26. The quantitative estimate of drug-likeness (QED) is 0.852. The molecule has 0 aliphatic rings. The lowest BCUT2D eigenvalue weighted by atomic mass is 10.4. The molecule has 0 aliphatic heterocycles. The minimum absolute atomic E-state index is 0.689. The first-order valence-electron chi connectivity index (χ1n) is 4.69. The number of nitrogen functional groups attached to an aromatic ring is 1.